The average molecular weight is 383 g/mol. The van der Waals surface area contributed by atoms with Gasteiger partial charge >= 0.3 is 6.18 Å². The lowest BCUT2D eigenvalue weighted by Gasteiger charge is -2.36. The number of aryl methyl sites for hydroxylation is 1. The van der Waals surface area contributed by atoms with E-state index in [2.05, 4.69) is 10.3 Å². The molecule has 1 N–H and O–H groups in total. The number of carbonyl (C=O) groups is 2. The summed E-state index contributed by atoms with van der Waals surface area (Å²) in [5.41, 5.74) is -0.587. The smallest absolute Gasteiger partial charge is 0.352 e. The predicted octanol–water partition coefficient (Wildman–Crippen LogP) is 2.71. The Morgan fingerprint density at radius 1 is 1.38 bits per heavy atom. The van der Waals surface area contributed by atoms with Crippen LogP contribution in [0.5, 0.6) is 0 Å². The molecule has 1 atom stereocenters. The fourth-order valence-electron chi connectivity index (χ4n) is 2.98. The van der Waals surface area contributed by atoms with E-state index < -0.39 is 29.6 Å². The standard InChI is InChI=1S/C17H16F3N3O2S/c1-10-22-11(9-26-10)8-14(24)23-7-6-21-16(25)15(23)12-4-2-3-5-13(12)17(18,19)20/h2-5,9,15H,6-8H2,1H3,(H,21,25). The van der Waals surface area contributed by atoms with Crippen molar-refractivity contribution in [2.45, 2.75) is 25.6 Å². The van der Waals surface area contributed by atoms with E-state index in [1.165, 1.54) is 34.4 Å². The van der Waals surface area contributed by atoms with Crippen LogP contribution < -0.4 is 5.32 Å². The number of amides is 2. The van der Waals surface area contributed by atoms with Gasteiger partial charge < -0.3 is 10.2 Å². The number of hydrogen-bond acceptors (Lipinski definition) is 4. The van der Waals surface area contributed by atoms with Crippen molar-refractivity contribution in [2.75, 3.05) is 13.1 Å². The number of hydrogen-bond donors (Lipinski definition) is 1. The minimum atomic E-state index is -4.62. The second-order valence-electron chi connectivity index (χ2n) is 5.90. The fourth-order valence-corrected chi connectivity index (χ4v) is 3.60. The predicted molar refractivity (Wildman–Crippen MR) is 89.5 cm³/mol. The van der Waals surface area contributed by atoms with Gasteiger partial charge in [-0.25, -0.2) is 4.98 Å². The van der Waals surface area contributed by atoms with Crippen LogP contribution in [0, 0.1) is 6.92 Å². The van der Waals surface area contributed by atoms with Crippen molar-refractivity contribution < 1.29 is 22.8 Å². The quantitative estimate of drug-likeness (QED) is 0.887. The molecule has 138 valence electrons. The van der Waals surface area contributed by atoms with E-state index in [0.717, 1.165) is 11.1 Å². The van der Waals surface area contributed by atoms with Crippen LogP contribution in [0.2, 0.25) is 0 Å². The van der Waals surface area contributed by atoms with Crippen LogP contribution in [0.15, 0.2) is 29.6 Å². The van der Waals surface area contributed by atoms with Crippen LogP contribution in [-0.4, -0.2) is 34.8 Å². The number of aromatic nitrogens is 1. The largest absolute Gasteiger partial charge is 0.416 e. The molecule has 5 nitrogen and oxygen atoms in total. The minimum Gasteiger partial charge on any atom is -0.352 e. The Hall–Kier alpha value is -2.42. The Kier molecular flexibility index (Phi) is 4.99. The van der Waals surface area contributed by atoms with Crippen LogP contribution in [0.3, 0.4) is 0 Å². The van der Waals surface area contributed by atoms with Crippen LogP contribution >= 0.6 is 11.3 Å². The highest BCUT2D eigenvalue weighted by Gasteiger charge is 2.41. The summed E-state index contributed by atoms with van der Waals surface area (Å²) in [7, 11) is 0. The van der Waals surface area contributed by atoms with Gasteiger partial charge in [-0.05, 0) is 18.6 Å². The summed E-state index contributed by atoms with van der Waals surface area (Å²) < 4.78 is 40.1. The Morgan fingerprint density at radius 3 is 2.77 bits per heavy atom. The van der Waals surface area contributed by atoms with E-state index in [4.69, 9.17) is 0 Å². The molecular formula is C17H16F3N3O2S. The maximum Gasteiger partial charge on any atom is 0.416 e. The van der Waals surface area contributed by atoms with Gasteiger partial charge in [-0.3, -0.25) is 9.59 Å². The van der Waals surface area contributed by atoms with Gasteiger partial charge in [0.2, 0.25) is 11.8 Å². The third-order valence-corrected chi connectivity index (χ3v) is 4.91. The lowest BCUT2D eigenvalue weighted by molar-refractivity contribution is -0.146. The van der Waals surface area contributed by atoms with Crippen molar-refractivity contribution in [1.82, 2.24) is 15.2 Å². The van der Waals surface area contributed by atoms with Gasteiger partial charge in [0, 0.05) is 18.5 Å². The topological polar surface area (TPSA) is 62.3 Å². The summed E-state index contributed by atoms with van der Waals surface area (Å²) in [4.78, 5) is 30.5. The molecule has 0 aliphatic carbocycles. The number of nitrogens with zero attached hydrogens (tertiary/aromatic N) is 2. The number of rotatable bonds is 3. The van der Waals surface area contributed by atoms with Crippen molar-refractivity contribution in [3.8, 4) is 0 Å². The molecule has 1 aliphatic rings. The minimum absolute atomic E-state index is 0.0533. The molecule has 9 heteroatoms. The first kappa shape index (κ1) is 18.4. The molecule has 26 heavy (non-hydrogen) atoms. The molecule has 1 unspecified atom stereocenters. The van der Waals surface area contributed by atoms with Gasteiger partial charge in [-0.1, -0.05) is 18.2 Å². The molecule has 0 radical (unpaired) electrons. The lowest BCUT2D eigenvalue weighted by Crippen LogP contribution is -2.53. The first-order valence-electron chi connectivity index (χ1n) is 7.91. The summed E-state index contributed by atoms with van der Waals surface area (Å²) in [6, 6.07) is 3.54. The highest BCUT2D eigenvalue weighted by atomic mass is 32.1. The molecule has 1 fully saturated rings. The van der Waals surface area contributed by atoms with E-state index in [9.17, 15) is 22.8 Å². The molecule has 1 saturated heterocycles. The monoisotopic (exact) mass is 383 g/mol. The second kappa shape index (κ2) is 7.06. The lowest BCUT2D eigenvalue weighted by atomic mass is 9.96. The third kappa shape index (κ3) is 3.72. The van der Waals surface area contributed by atoms with Gasteiger partial charge in [0.05, 0.1) is 22.7 Å². The highest BCUT2D eigenvalue weighted by Crippen LogP contribution is 2.37. The highest BCUT2D eigenvalue weighted by molar-refractivity contribution is 7.09. The van der Waals surface area contributed by atoms with Crippen molar-refractivity contribution in [2.24, 2.45) is 0 Å². The van der Waals surface area contributed by atoms with E-state index >= 15 is 0 Å². The van der Waals surface area contributed by atoms with Crippen molar-refractivity contribution >= 4 is 23.2 Å². The van der Waals surface area contributed by atoms with Gasteiger partial charge in [0.25, 0.3) is 0 Å². The first-order chi connectivity index (χ1) is 12.3. The Balaban J connectivity index is 1.95. The number of benzene rings is 1. The molecule has 2 heterocycles. The molecular weight excluding hydrogens is 367 g/mol. The molecule has 0 spiro atoms. The van der Waals surface area contributed by atoms with Crippen LogP contribution in [0.25, 0.3) is 0 Å². The van der Waals surface area contributed by atoms with Gasteiger partial charge in [0.1, 0.15) is 6.04 Å². The Morgan fingerprint density at radius 2 is 2.12 bits per heavy atom. The summed E-state index contributed by atoms with van der Waals surface area (Å²) in [6.07, 6.45) is -4.67. The fraction of sp³-hybridized carbons (Fsp3) is 0.353. The molecule has 2 aromatic rings. The van der Waals surface area contributed by atoms with Gasteiger partial charge in [0.15, 0.2) is 0 Å². The number of piperazine rings is 1. The van der Waals surface area contributed by atoms with Gasteiger partial charge in [-0.2, -0.15) is 13.2 Å². The molecule has 1 aromatic heterocycles. The normalized spacial score (nSPS) is 17.9. The van der Waals surface area contributed by atoms with Crippen LogP contribution in [0.1, 0.15) is 27.9 Å². The zero-order chi connectivity index (χ0) is 18.9. The molecule has 1 aliphatic heterocycles. The zero-order valence-electron chi connectivity index (χ0n) is 13.8. The maximum absolute atomic E-state index is 13.4. The van der Waals surface area contributed by atoms with Crippen molar-refractivity contribution in [1.29, 1.82) is 0 Å². The Labute approximate surface area is 151 Å². The summed E-state index contributed by atoms with van der Waals surface area (Å²) in [6.45, 7) is 2.14. The average Bonchev–Trinajstić information content (AvgIpc) is 2.98. The van der Waals surface area contributed by atoms with Crippen molar-refractivity contribution in [3.05, 3.63) is 51.5 Å². The summed E-state index contributed by atoms with van der Waals surface area (Å²) in [5.74, 6) is -1.04. The molecule has 3 rings (SSSR count). The number of alkyl halides is 3. The number of carbonyl (C=O) groups excluding carboxylic acids is 2. The summed E-state index contributed by atoms with van der Waals surface area (Å²) in [5, 5.41) is 5.07. The SMILES string of the molecule is Cc1nc(CC(=O)N2CCNC(=O)C2c2ccccc2C(F)(F)F)cs1. The number of halogens is 3. The Bertz CT molecular complexity index is 835. The van der Waals surface area contributed by atoms with E-state index in [1.807, 2.05) is 0 Å². The van der Waals surface area contributed by atoms with Gasteiger partial charge in [-0.15, -0.1) is 11.3 Å². The second-order valence-corrected chi connectivity index (χ2v) is 6.96. The number of nitrogens with one attached hydrogen (secondary N) is 1. The number of thiazole rings is 1. The van der Waals surface area contributed by atoms with Crippen LogP contribution in [0.4, 0.5) is 13.2 Å². The maximum atomic E-state index is 13.4. The molecule has 0 bridgehead atoms. The van der Waals surface area contributed by atoms with E-state index in [1.54, 1.807) is 12.3 Å². The molecule has 2 amide bonds. The van der Waals surface area contributed by atoms with Crippen molar-refractivity contribution in [3.63, 3.8) is 0 Å². The molecule has 1 aromatic carbocycles. The van der Waals surface area contributed by atoms with E-state index in [0.29, 0.717) is 5.69 Å². The first-order valence-corrected chi connectivity index (χ1v) is 8.79. The van der Waals surface area contributed by atoms with E-state index in [-0.39, 0.29) is 25.1 Å². The zero-order valence-corrected chi connectivity index (χ0v) is 14.7. The third-order valence-electron chi connectivity index (χ3n) is 4.09. The summed E-state index contributed by atoms with van der Waals surface area (Å²) >= 11 is 1.39. The molecule has 0 saturated carbocycles. The van der Waals surface area contributed by atoms with Crippen LogP contribution in [-0.2, 0) is 22.2 Å².